The number of carbonyl (C=O) groups excluding carboxylic acids is 2. The number of hydrogen-bond donors (Lipinski definition) is 2. The fourth-order valence-electron chi connectivity index (χ4n) is 1.36. The average molecular weight is 300 g/mol. The van der Waals surface area contributed by atoms with Crippen LogP contribution in [0.1, 0.15) is 4.88 Å². The first-order valence-electron chi connectivity index (χ1n) is 5.54. The van der Waals surface area contributed by atoms with Crippen LogP contribution in [0.2, 0.25) is 0 Å². The molecule has 0 bridgehead atoms. The highest BCUT2D eigenvalue weighted by Crippen LogP contribution is 2.28. The smallest absolute Gasteiger partial charge is 0.264 e. The number of aliphatic hydroxyl groups excluding tert-OH is 1. The Morgan fingerprint density at radius 3 is 2.89 bits per heavy atom. The predicted octanol–water partition coefficient (Wildman–Crippen LogP) is 1.15. The molecule has 0 atom stereocenters. The van der Waals surface area contributed by atoms with Crippen molar-refractivity contribution in [2.24, 2.45) is 0 Å². The number of rotatable bonds is 7. The summed E-state index contributed by atoms with van der Waals surface area (Å²) < 4.78 is 0. The van der Waals surface area contributed by atoms with Gasteiger partial charge in [-0.25, -0.2) is 0 Å². The van der Waals surface area contributed by atoms with Gasteiger partial charge in [-0.1, -0.05) is 0 Å². The summed E-state index contributed by atoms with van der Waals surface area (Å²) in [6.07, 6.45) is 3.90. The zero-order valence-electron chi connectivity index (χ0n) is 10.8. The van der Waals surface area contributed by atoms with Crippen LogP contribution in [0.3, 0.4) is 0 Å². The van der Waals surface area contributed by atoms with E-state index in [2.05, 4.69) is 5.32 Å². The highest BCUT2D eigenvalue weighted by atomic mass is 32.2. The van der Waals surface area contributed by atoms with E-state index in [1.165, 1.54) is 23.1 Å². The van der Waals surface area contributed by atoms with Crippen molar-refractivity contribution in [1.29, 1.82) is 0 Å². The van der Waals surface area contributed by atoms with Crippen LogP contribution < -0.4 is 10.2 Å². The van der Waals surface area contributed by atoms with Crippen LogP contribution in [0, 0.1) is 0 Å². The molecule has 0 aliphatic heterocycles. The Morgan fingerprint density at radius 1 is 1.58 bits per heavy atom. The van der Waals surface area contributed by atoms with Gasteiger partial charge in [0.05, 0.1) is 16.5 Å². The van der Waals surface area contributed by atoms with Gasteiger partial charge in [0, 0.05) is 18.5 Å². The van der Waals surface area contributed by atoms with Crippen LogP contribution in [0.15, 0.2) is 17.0 Å². The lowest BCUT2D eigenvalue weighted by atomic mass is 10.4. The number of anilines is 1. The highest BCUT2D eigenvalue weighted by molar-refractivity contribution is 8.03. The molecule has 0 unspecified atom stereocenters. The van der Waals surface area contributed by atoms with E-state index in [4.69, 9.17) is 5.11 Å². The Kier molecular flexibility index (Phi) is 6.61. The van der Waals surface area contributed by atoms with Gasteiger partial charge >= 0.3 is 0 Å². The molecule has 0 aliphatic rings. The van der Waals surface area contributed by atoms with Crippen molar-refractivity contribution < 1.29 is 14.7 Å². The van der Waals surface area contributed by atoms with Gasteiger partial charge in [-0.05, 0) is 24.5 Å². The molecule has 0 saturated heterocycles. The molecular formula is C12H16N2O3S2. The SMILES string of the molecule is CS/C(=C\c1ccc(N(C)CCO)s1)C(=O)NC=O. The van der Waals surface area contributed by atoms with E-state index in [-0.39, 0.29) is 6.61 Å². The van der Waals surface area contributed by atoms with E-state index >= 15 is 0 Å². The van der Waals surface area contributed by atoms with Crippen molar-refractivity contribution in [1.82, 2.24) is 5.32 Å². The number of likely N-dealkylation sites (N-methyl/N-ethyl adjacent to an activating group) is 1. The minimum absolute atomic E-state index is 0.0946. The van der Waals surface area contributed by atoms with Crippen molar-refractivity contribution in [2.75, 3.05) is 31.4 Å². The predicted molar refractivity (Wildman–Crippen MR) is 80.4 cm³/mol. The molecule has 1 rings (SSSR count). The number of imide groups is 1. The summed E-state index contributed by atoms with van der Waals surface area (Å²) in [5, 5.41) is 12.0. The second kappa shape index (κ2) is 7.98. The van der Waals surface area contributed by atoms with Gasteiger partial charge in [0.1, 0.15) is 0 Å². The standard InChI is InChI=1S/C12H16N2O3S2/c1-14(5-6-15)11-4-3-9(19-11)7-10(18-2)12(17)13-8-16/h3-4,7-8,15H,5-6H2,1-2H3,(H,13,16,17)/b10-7-. The maximum Gasteiger partial charge on any atom is 0.264 e. The molecule has 0 spiro atoms. The lowest BCUT2D eigenvalue weighted by molar-refractivity contribution is -0.121. The monoisotopic (exact) mass is 300 g/mol. The van der Waals surface area contributed by atoms with Gasteiger partial charge in [0.25, 0.3) is 5.91 Å². The highest BCUT2D eigenvalue weighted by Gasteiger charge is 2.09. The average Bonchev–Trinajstić information content (AvgIpc) is 2.85. The van der Waals surface area contributed by atoms with Crippen molar-refractivity contribution >= 4 is 46.5 Å². The molecule has 0 fully saturated rings. The molecule has 2 amide bonds. The Balaban J connectivity index is 2.85. The van der Waals surface area contributed by atoms with Crippen LogP contribution in [0.25, 0.3) is 6.08 Å². The van der Waals surface area contributed by atoms with Gasteiger partial charge in [-0.2, -0.15) is 0 Å². The Morgan fingerprint density at radius 2 is 2.32 bits per heavy atom. The second-order valence-electron chi connectivity index (χ2n) is 3.63. The van der Waals surface area contributed by atoms with Crippen LogP contribution in [-0.2, 0) is 9.59 Å². The molecule has 0 radical (unpaired) electrons. The number of thioether (sulfide) groups is 1. The summed E-state index contributed by atoms with van der Waals surface area (Å²) in [6, 6.07) is 3.83. The Labute approximate surface area is 120 Å². The molecule has 104 valence electrons. The van der Waals surface area contributed by atoms with Crippen molar-refractivity contribution in [3.63, 3.8) is 0 Å². The van der Waals surface area contributed by atoms with E-state index in [0.29, 0.717) is 17.9 Å². The van der Waals surface area contributed by atoms with E-state index < -0.39 is 5.91 Å². The lowest BCUT2D eigenvalue weighted by Crippen LogP contribution is -2.21. The maximum absolute atomic E-state index is 11.6. The number of aliphatic hydroxyl groups is 1. The number of hydrogen-bond acceptors (Lipinski definition) is 6. The minimum Gasteiger partial charge on any atom is -0.395 e. The largest absolute Gasteiger partial charge is 0.395 e. The van der Waals surface area contributed by atoms with E-state index in [0.717, 1.165) is 9.88 Å². The van der Waals surface area contributed by atoms with E-state index in [1.807, 2.05) is 24.1 Å². The molecule has 0 aliphatic carbocycles. The first-order valence-corrected chi connectivity index (χ1v) is 7.58. The fourth-order valence-corrected chi connectivity index (χ4v) is 2.86. The van der Waals surface area contributed by atoms with Crippen LogP contribution in [-0.4, -0.2) is 43.9 Å². The first-order chi connectivity index (χ1) is 9.12. The van der Waals surface area contributed by atoms with Crippen LogP contribution in [0.5, 0.6) is 0 Å². The van der Waals surface area contributed by atoms with E-state index in [9.17, 15) is 9.59 Å². The van der Waals surface area contributed by atoms with Gasteiger partial charge < -0.3 is 10.0 Å². The number of amides is 2. The summed E-state index contributed by atoms with van der Waals surface area (Å²) in [5.74, 6) is -0.402. The molecule has 2 N–H and O–H groups in total. The molecule has 5 nitrogen and oxygen atoms in total. The van der Waals surface area contributed by atoms with Crippen LogP contribution >= 0.6 is 23.1 Å². The molecule has 1 heterocycles. The topological polar surface area (TPSA) is 69.6 Å². The lowest BCUT2D eigenvalue weighted by Gasteiger charge is -2.14. The Bertz CT molecular complexity index is 471. The summed E-state index contributed by atoms with van der Waals surface area (Å²) in [5.41, 5.74) is 0. The number of carbonyl (C=O) groups is 2. The zero-order valence-corrected chi connectivity index (χ0v) is 12.4. The third kappa shape index (κ3) is 4.70. The summed E-state index contributed by atoms with van der Waals surface area (Å²) in [7, 11) is 1.89. The molecule has 1 aromatic rings. The van der Waals surface area contributed by atoms with Crippen LogP contribution in [0.4, 0.5) is 5.00 Å². The van der Waals surface area contributed by atoms with Gasteiger partial charge in [0.15, 0.2) is 0 Å². The van der Waals surface area contributed by atoms with Crippen molar-refractivity contribution in [2.45, 2.75) is 0 Å². The fraction of sp³-hybridized carbons (Fsp3) is 0.333. The maximum atomic E-state index is 11.6. The van der Waals surface area contributed by atoms with Gasteiger partial charge in [0.2, 0.25) is 6.41 Å². The summed E-state index contributed by atoms with van der Waals surface area (Å²) in [4.78, 5) is 25.1. The normalized spacial score (nSPS) is 11.2. The van der Waals surface area contributed by atoms with Gasteiger partial charge in [-0.15, -0.1) is 23.1 Å². The quantitative estimate of drug-likeness (QED) is 0.584. The summed E-state index contributed by atoms with van der Waals surface area (Å²) in [6.45, 7) is 0.655. The summed E-state index contributed by atoms with van der Waals surface area (Å²) >= 11 is 2.80. The third-order valence-corrected chi connectivity index (χ3v) is 4.22. The first kappa shape index (κ1) is 15.7. The van der Waals surface area contributed by atoms with Crippen molar-refractivity contribution in [3.8, 4) is 0 Å². The molecule has 7 heteroatoms. The van der Waals surface area contributed by atoms with Crippen molar-refractivity contribution in [3.05, 3.63) is 21.9 Å². The molecule has 0 saturated carbocycles. The molecule has 1 aromatic heterocycles. The second-order valence-corrected chi connectivity index (χ2v) is 5.57. The minimum atomic E-state index is -0.402. The number of thiophene rings is 1. The number of nitrogens with one attached hydrogen (secondary N) is 1. The number of nitrogens with zero attached hydrogens (tertiary/aromatic N) is 1. The molecule has 0 aromatic carbocycles. The molecule has 19 heavy (non-hydrogen) atoms. The van der Waals surface area contributed by atoms with Gasteiger partial charge in [-0.3, -0.25) is 14.9 Å². The molecular weight excluding hydrogens is 284 g/mol. The third-order valence-electron chi connectivity index (χ3n) is 2.33. The van der Waals surface area contributed by atoms with E-state index in [1.54, 1.807) is 12.3 Å². The zero-order chi connectivity index (χ0) is 14.3. The Hall–Kier alpha value is -1.31.